The highest BCUT2D eigenvalue weighted by atomic mass is 32.2. The molecule has 0 aliphatic rings. The molecule has 0 spiro atoms. The molecular formula is C13H16FN3O3S. The predicted molar refractivity (Wildman–Crippen MR) is 74.3 cm³/mol. The van der Waals surface area contributed by atoms with Crippen molar-refractivity contribution in [1.82, 2.24) is 14.7 Å². The Morgan fingerprint density at radius 1 is 1.48 bits per heavy atom. The summed E-state index contributed by atoms with van der Waals surface area (Å²) in [6.07, 6.45) is 3.64. The first-order valence-electron chi connectivity index (χ1n) is 6.38. The third-order valence-corrected chi connectivity index (χ3v) is 4.52. The number of sulfonamides is 1. The summed E-state index contributed by atoms with van der Waals surface area (Å²) >= 11 is 0. The molecule has 2 rings (SSSR count). The van der Waals surface area contributed by atoms with Crippen molar-refractivity contribution in [2.24, 2.45) is 0 Å². The summed E-state index contributed by atoms with van der Waals surface area (Å²) in [7, 11) is -3.83. The summed E-state index contributed by atoms with van der Waals surface area (Å²) in [5.74, 6) is -0.139. The van der Waals surface area contributed by atoms with Crippen LogP contribution in [0.1, 0.15) is 30.8 Å². The van der Waals surface area contributed by atoms with Crippen LogP contribution in [0.5, 0.6) is 0 Å². The van der Waals surface area contributed by atoms with Gasteiger partial charge in [-0.3, -0.25) is 0 Å². The molecule has 21 heavy (non-hydrogen) atoms. The maximum atomic E-state index is 13.3. The zero-order chi connectivity index (χ0) is 15.5. The number of nitrogens with one attached hydrogen (secondary N) is 2. The molecule has 0 aliphatic heterocycles. The fourth-order valence-corrected chi connectivity index (χ4v) is 3.23. The molecule has 1 heterocycles. The van der Waals surface area contributed by atoms with Gasteiger partial charge in [0.2, 0.25) is 10.0 Å². The minimum absolute atomic E-state index is 0.0658. The SMILES string of the molecule is CCC(NS(=O)(=O)c1ccc(F)c(CO)c1)c1ncc[nH]1. The van der Waals surface area contributed by atoms with Gasteiger partial charge in [-0.05, 0) is 24.6 Å². The van der Waals surface area contributed by atoms with Crippen LogP contribution in [0, 0.1) is 5.82 Å². The van der Waals surface area contributed by atoms with Crippen LogP contribution >= 0.6 is 0 Å². The second kappa shape index (κ2) is 6.33. The Morgan fingerprint density at radius 2 is 2.24 bits per heavy atom. The van der Waals surface area contributed by atoms with Crippen LogP contribution in [-0.4, -0.2) is 23.5 Å². The number of aliphatic hydroxyl groups is 1. The van der Waals surface area contributed by atoms with E-state index in [4.69, 9.17) is 5.11 Å². The van der Waals surface area contributed by atoms with Crippen molar-refractivity contribution in [3.63, 3.8) is 0 Å². The van der Waals surface area contributed by atoms with E-state index >= 15 is 0 Å². The molecular weight excluding hydrogens is 297 g/mol. The average molecular weight is 313 g/mol. The lowest BCUT2D eigenvalue weighted by Crippen LogP contribution is -2.29. The van der Waals surface area contributed by atoms with Gasteiger partial charge in [-0.25, -0.2) is 22.5 Å². The number of aromatic amines is 1. The molecule has 114 valence electrons. The van der Waals surface area contributed by atoms with E-state index in [2.05, 4.69) is 14.7 Å². The van der Waals surface area contributed by atoms with Crippen LogP contribution in [0.15, 0.2) is 35.5 Å². The van der Waals surface area contributed by atoms with Crippen LogP contribution < -0.4 is 4.72 Å². The number of hydrogen-bond donors (Lipinski definition) is 3. The van der Waals surface area contributed by atoms with Gasteiger partial charge in [0, 0.05) is 18.0 Å². The Morgan fingerprint density at radius 3 is 2.81 bits per heavy atom. The smallest absolute Gasteiger partial charge is 0.241 e. The van der Waals surface area contributed by atoms with Gasteiger partial charge in [-0.2, -0.15) is 0 Å². The summed E-state index contributed by atoms with van der Waals surface area (Å²) in [4.78, 5) is 6.79. The zero-order valence-electron chi connectivity index (χ0n) is 11.4. The van der Waals surface area contributed by atoms with Crippen molar-refractivity contribution in [2.75, 3.05) is 0 Å². The predicted octanol–water partition coefficient (Wildman–Crippen LogP) is 1.47. The number of hydrogen-bond acceptors (Lipinski definition) is 4. The van der Waals surface area contributed by atoms with E-state index in [9.17, 15) is 12.8 Å². The third kappa shape index (κ3) is 3.46. The van der Waals surface area contributed by atoms with Gasteiger partial charge < -0.3 is 10.1 Å². The van der Waals surface area contributed by atoms with Crippen LogP contribution in [0.4, 0.5) is 4.39 Å². The molecule has 1 aromatic heterocycles. The number of aromatic nitrogens is 2. The summed E-state index contributed by atoms with van der Waals surface area (Å²) in [5.41, 5.74) is -0.0658. The van der Waals surface area contributed by atoms with E-state index in [-0.39, 0.29) is 10.5 Å². The number of rotatable bonds is 6. The van der Waals surface area contributed by atoms with Crippen LogP contribution in [0.25, 0.3) is 0 Å². The van der Waals surface area contributed by atoms with Crippen LogP contribution in [-0.2, 0) is 16.6 Å². The molecule has 0 fully saturated rings. The molecule has 1 unspecified atom stereocenters. The highest BCUT2D eigenvalue weighted by Gasteiger charge is 2.22. The summed E-state index contributed by atoms with van der Waals surface area (Å²) < 4.78 is 40.5. The number of H-pyrrole nitrogens is 1. The Balaban J connectivity index is 2.29. The molecule has 0 aliphatic carbocycles. The normalized spacial score (nSPS) is 13.3. The molecule has 0 bridgehead atoms. The zero-order valence-corrected chi connectivity index (χ0v) is 12.2. The van der Waals surface area contributed by atoms with Gasteiger partial charge >= 0.3 is 0 Å². The second-order valence-corrected chi connectivity index (χ2v) is 6.18. The standard InChI is InChI=1S/C13H16FN3O3S/c1-2-12(13-15-5-6-16-13)17-21(19,20)10-3-4-11(14)9(7-10)8-18/h3-7,12,17-18H,2,8H2,1H3,(H,15,16). The third-order valence-electron chi connectivity index (χ3n) is 3.05. The number of halogens is 1. The molecule has 0 saturated carbocycles. The quantitative estimate of drug-likeness (QED) is 0.752. The van der Waals surface area contributed by atoms with Gasteiger partial charge in [0.15, 0.2) is 0 Å². The minimum Gasteiger partial charge on any atom is -0.392 e. The molecule has 6 nitrogen and oxygen atoms in total. The number of benzene rings is 1. The lowest BCUT2D eigenvalue weighted by atomic mass is 10.2. The van der Waals surface area contributed by atoms with Crippen LogP contribution in [0.3, 0.4) is 0 Å². The second-order valence-electron chi connectivity index (χ2n) is 4.47. The molecule has 1 aromatic carbocycles. The monoisotopic (exact) mass is 313 g/mol. The molecule has 0 amide bonds. The molecule has 2 aromatic rings. The topological polar surface area (TPSA) is 95.1 Å². The first-order chi connectivity index (χ1) is 9.97. The summed E-state index contributed by atoms with van der Waals surface area (Å²) in [6.45, 7) is 1.25. The van der Waals surface area contributed by atoms with Crippen molar-refractivity contribution in [3.05, 3.63) is 47.8 Å². The maximum Gasteiger partial charge on any atom is 0.241 e. The van der Waals surface area contributed by atoms with Crippen molar-refractivity contribution in [3.8, 4) is 0 Å². The molecule has 0 saturated heterocycles. The number of imidazole rings is 1. The lowest BCUT2D eigenvalue weighted by molar-refractivity contribution is 0.275. The summed E-state index contributed by atoms with van der Waals surface area (Å²) in [6, 6.07) is 2.79. The van der Waals surface area contributed by atoms with E-state index < -0.39 is 28.5 Å². The maximum absolute atomic E-state index is 13.3. The van der Waals surface area contributed by atoms with E-state index in [0.717, 1.165) is 18.2 Å². The highest BCUT2D eigenvalue weighted by Crippen LogP contribution is 2.19. The summed E-state index contributed by atoms with van der Waals surface area (Å²) in [5, 5.41) is 9.02. The Kier molecular flexibility index (Phi) is 4.71. The molecule has 1 atom stereocenters. The van der Waals surface area contributed by atoms with Gasteiger partial charge in [-0.1, -0.05) is 6.92 Å². The van der Waals surface area contributed by atoms with E-state index in [1.165, 1.54) is 6.20 Å². The van der Waals surface area contributed by atoms with Gasteiger partial charge in [0.25, 0.3) is 0 Å². The highest BCUT2D eigenvalue weighted by molar-refractivity contribution is 7.89. The largest absolute Gasteiger partial charge is 0.392 e. The van der Waals surface area contributed by atoms with Gasteiger partial charge in [0.05, 0.1) is 17.5 Å². The van der Waals surface area contributed by atoms with Crippen molar-refractivity contribution >= 4 is 10.0 Å². The van der Waals surface area contributed by atoms with Gasteiger partial charge in [0.1, 0.15) is 11.6 Å². The average Bonchev–Trinajstić information content (AvgIpc) is 2.99. The number of aliphatic hydroxyl groups excluding tert-OH is 1. The van der Waals surface area contributed by atoms with E-state index in [1.807, 2.05) is 6.92 Å². The fraction of sp³-hybridized carbons (Fsp3) is 0.308. The Hall–Kier alpha value is -1.77. The molecule has 3 N–H and O–H groups in total. The van der Waals surface area contributed by atoms with Crippen LogP contribution in [0.2, 0.25) is 0 Å². The Bertz CT molecular complexity index is 701. The van der Waals surface area contributed by atoms with Crippen molar-refractivity contribution in [1.29, 1.82) is 0 Å². The minimum atomic E-state index is -3.83. The molecule has 0 radical (unpaired) electrons. The Labute approximate surface area is 122 Å². The fourth-order valence-electron chi connectivity index (χ4n) is 1.90. The van der Waals surface area contributed by atoms with Crippen molar-refractivity contribution in [2.45, 2.75) is 30.9 Å². The van der Waals surface area contributed by atoms with E-state index in [0.29, 0.717) is 12.2 Å². The number of nitrogens with zero attached hydrogens (tertiary/aromatic N) is 1. The lowest BCUT2D eigenvalue weighted by Gasteiger charge is -2.15. The van der Waals surface area contributed by atoms with E-state index in [1.54, 1.807) is 6.20 Å². The molecule has 8 heteroatoms. The van der Waals surface area contributed by atoms with Gasteiger partial charge in [-0.15, -0.1) is 0 Å². The van der Waals surface area contributed by atoms with Crippen molar-refractivity contribution < 1.29 is 17.9 Å². The first-order valence-corrected chi connectivity index (χ1v) is 7.87. The first kappa shape index (κ1) is 15.6.